The molecule has 0 unspecified atom stereocenters. The lowest BCUT2D eigenvalue weighted by Crippen LogP contribution is -2.31. The summed E-state index contributed by atoms with van der Waals surface area (Å²) in [6.45, 7) is 0.376. The fourth-order valence-electron chi connectivity index (χ4n) is 2.72. The van der Waals surface area contributed by atoms with Crippen molar-refractivity contribution in [2.75, 3.05) is 30.9 Å². The lowest BCUT2D eigenvalue weighted by Gasteiger charge is -2.18. The number of carbonyl (C=O) groups excluding carboxylic acids is 1. The zero-order valence-electron chi connectivity index (χ0n) is 15.7. The highest BCUT2D eigenvalue weighted by molar-refractivity contribution is 5.90. The number of amides is 1. The summed E-state index contributed by atoms with van der Waals surface area (Å²) in [6, 6.07) is 4.85. The minimum Gasteiger partial charge on any atom is -0.489 e. The summed E-state index contributed by atoms with van der Waals surface area (Å²) < 4.78 is 8.58. The van der Waals surface area contributed by atoms with Gasteiger partial charge in [0.1, 0.15) is 12.9 Å². The first-order chi connectivity index (χ1) is 13.5. The van der Waals surface area contributed by atoms with E-state index in [1.54, 1.807) is 34.0 Å². The van der Waals surface area contributed by atoms with Crippen LogP contribution in [0.3, 0.4) is 0 Å². The van der Waals surface area contributed by atoms with Crippen LogP contribution < -0.4 is 20.5 Å². The van der Waals surface area contributed by atoms with Gasteiger partial charge in [0.05, 0.1) is 18.4 Å². The number of anilines is 2. The van der Waals surface area contributed by atoms with Crippen LogP contribution in [0.25, 0.3) is 5.65 Å². The highest BCUT2D eigenvalue weighted by Gasteiger charge is 2.23. The molecule has 146 valence electrons. The Kier molecular flexibility index (Phi) is 4.68. The van der Waals surface area contributed by atoms with Crippen molar-refractivity contribution in [1.82, 2.24) is 24.4 Å². The van der Waals surface area contributed by atoms with Gasteiger partial charge in [-0.3, -0.25) is 14.0 Å². The Bertz CT molecular complexity index is 1070. The molecule has 0 radical (unpaired) electrons. The average Bonchev–Trinajstić information content (AvgIpc) is 3.37. The lowest BCUT2D eigenvalue weighted by molar-refractivity contribution is -0.117. The molecule has 0 spiro atoms. The predicted molar refractivity (Wildman–Crippen MR) is 103 cm³/mol. The van der Waals surface area contributed by atoms with Crippen LogP contribution in [0.4, 0.5) is 11.5 Å². The molecule has 10 heteroatoms. The maximum Gasteiger partial charge on any atom is 0.271 e. The van der Waals surface area contributed by atoms with E-state index in [9.17, 15) is 9.59 Å². The zero-order chi connectivity index (χ0) is 19.7. The molecule has 0 aromatic carbocycles. The Morgan fingerprint density at radius 1 is 1.36 bits per heavy atom. The third-order valence-electron chi connectivity index (χ3n) is 4.41. The summed E-state index contributed by atoms with van der Waals surface area (Å²) in [5.74, 6) is 1.15. The van der Waals surface area contributed by atoms with E-state index in [1.807, 2.05) is 14.1 Å². The fourth-order valence-corrected chi connectivity index (χ4v) is 2.72. The summed E-state index contributed by atoms with van der Waals surface area (Å²) >= 11 is 0. The predicted octanol–water partition coefficient (Wildman–Crippen LogP) is 0.779. The van der Waals surface area contributed by atoms with Gasteiger partial charge in [-0.1, -0.05) is 0 Å². The number of nitrogens with one attached hydrogen (secondary N) is 1. The van der Waals surface area contributed by atoms with Crippen LogP contribution >= 0.6 is 0 Å². The number of nitrogens with zero attached hydrogens (tertiary/aromatic N) is 6. The lowest BCUT2D eigenvalue weighted by atomic mass is 10.4. The monoisotopic (exact) mass is 383 g/mol. The SMILES string of the molecule is CN(C)c1nn(CC(=O)Nc2ccc3nncn3c2)c(=O)cc1OCC1CC1. The molecule has 1 aliphatic carbocycles. The Morgan fingerprint density at radius 2 is 2.18 bits per heavy atom. The second-order valence-corrected chi connectivity index (χ2v) is 7.04. The number of fused-ring (bicyclic) bond motifs is 1. The Balaban J connectivity index is 1.50. The molecule has 1 amide bonds. The van der Waals surface area contributed by atoms with E-state index in [2.05, 4.69) is 20.6 Å². The molecular weight excluding hydrogens is 362 g/mol. The van der Waals surface area contributed by atoms with Crippen LogP contribution in [0.1, 0.15) is 12.8 Å². The normalized spacial score (nSPS) is 13.5. The maximum absolute atomic E-state index is 12.4. The van der Waals surface area contributed by atoms with Crippen molar-refractivity contribution in [3.63, 3.8) is 0 Å². The van der Waals surface area contributed by atoms with Gasteiger partial charge in [-0.15, -0.1) is 15.3 Å². The van der Waals surface area contributed by atoms with Crippen molar-refractivity contribution in [1.29, 1.82) is 0 Å². The number of pyridine rings is 1. The van der Waals surface area contributed by atoms with E-state index >= 15 is 0 Å². The van der Waals surface area contributed by atoms with Gasteiger partial charge in [0.15, 0.2) is 17.2 Å². The van der Waals surface area contributed by atoms with E-state index in [-0.39, 0.29) is 18.0 Å². The van der Waals surface area contributed by atoms with Crippen molar-refractivity contribution >= 4 is 23.1 Å². The standard InChI is InChI=1S/C18H21N7O3/c1-23(2)18-14(28-10-12-3-4-12)7-17(27)25(22-18)9-16(26)20-13-5-6-15-21-19-11-24(15)8-13/h5-8,11-12H,3-4,9-10H2,1-2H3,(H,20,26). The van der Waals surface area contributed by atoms with Crippen molar-refractivity contribution in [2.24, 2.45) is 5.92 Å². The molecule has 0 saturated heterocycles. The Morgan fingerprint density at radius 3 is 2.93 bits per heavy atom. The quantitative estimate of drug-likeness (QED) is 0.642. The third kappa shape index (κ3) is 3.95. The molecule has 0 atom stereocenters. The van der Waals surface area contributed by atoms with Crippen molar-refractivity contribution < 1.29 is 9.53 Å². The van der Waals surface area contributed by atoms with Crippen molar-refractivity contribution in [2.45, 2.75) is 19.4 Å². The second kappa shape index (κ2) is 7.29. The highest BCUT2D eigenvalue weighted by Crippen LogP contribution is 2.31. The van der Waals surface area contributed by atoms with Crippen molar-refractivity contribution in [3.05, 3.63) is 41.1 Å². The zero-order valence-corrected chi connectivity index (χ0v) is 15.7. The molecule has 0 aliphatic heterocycles. The summed E-state index contributed by atoms with van der Waals surface area (Å²) in [6.07, 6.45) is 5.55. The minimum absolute atomic E-state index is 0.206. The molecule has 1 aliphatic rings. The smallest absolute Gasteiger partial charge is 0.271 e. The number of rotatable bonds is 7. The maximum atomic E-state index is 12.4. The summed E-state index contributed by atoms with van der Waals surface area (Å²) in [4.78, 5) is 26.6. The number of aromatic nitrogens is 5. The van der Waals surface area contributed by atoms with E-state index in [0.29, 0.717) is 35.4 Å². The van der Waals surface area contributed by atoms with Gasteiger partial charge < -0.3 is 15.0 Å². The first kappa shape index (κ1) is 18.0. The molecule has 28 heavy (non-hydrogen) atoms. The first-order valence-electron chi connectivity index (χ1n) is 9.01. The number of carbonyl (C=O) groups is 1. The third-order valence-corrected chi connectivity index (χ3v) is 4.41. The molecule has 1 fully saturated rings. The number of hydrogen-bond acceptors (Lipinski definition) is 7. The number of ether oxygens (including phenoxy) is 1. The van der Waals surface area contributed by atoms with Gasteiger partial charge in [-0.25, -0.2) is 4.68 Å². The second-order valence-electron chi connectivity index (χ2n) is 7.04. The summed E-state index contributed by atoms with van der Waals surface area (Å²) in [7, 11) is 3.63. The van der Waals surface area contributed by atoms with Crippen LogP contribution in [0.5, 0.6) is 5.75 Å². The fraction of sp³-hybridized carbons (Fsp3) is 0.389. The van der Waals surface area contributed by atoms with Gasteiger partial charge in [0.25, 0.3) is 5.56 Å². The van der Waals surface area contributed by atoms with Gasteiger partial charge in [-0.05, 0) is 30.9 Å². The minimum atomic E-state index is -0.388. The van der Waals surface area contributed by atoms with E-state index in [1.165, 1.54) is 6.07 Å². The highest BCUT2D eigenvalue weighted by atomic mass is 16.5. The number of hydrogen-bond donors (Lipinski definition) is 1. The largest absolute Gasteiger partial charge is 0.489 e. The van der Waals surface area contributed by atoms with Crippen LogP contribution in [0.2, 0.25) is 0 Å². The van der Waals surface area contributed by atoms with Crippen molar-refractivity contribution in [3.8, 4) is 5.75 Å². The Hall–Kier alpha value is -3.43. The summed E-state index contributed by atoms with van der Waals surface area (Å²) in [5.41, 5.74) is 0.858. The van der Waals surface area contributed by atoms with Gasteiger partial charge in [0, 0.05) is 20.3 Å². The van der Waals surface area contributed by atoms with E-state index in [0.717, 1.165) is 17.5 Å². The Labute approximate surface area is 160 Å². The molecule has 3 aromatic rings. The van der Waals surface area contributed by atoms with Gasteiger partial charge in [-0.2, -0.15) is 0 Å². The average molecular weight is 383 g/mol. The van der Waals surface area contributed by atoms with Gasteiger partial charge >= 0.3 is 0 Å². The first-order valence-corrected chi connectivity index (χ1v) is 9.01. The molecular formula is C18H21N7O3. The topological polar surface area (TPSA) is 107 Å². The molecule has 3 heterocycles. The summed E-state index contributed by atoms with van der Waals surface area (Å²) in [5, 5.41) is 14.8. The molecule has 10 nitrogen and oxygen atoms in total. The van der Waals surface area contributed by atoms with E-state index < -0.39 is 0 Å². The molecule has 0 bridgehead atoms. The molecule has 1 N–H and O–H groups in total. The van der Waals surface area contributed by atoms with Gasteiger partial charge in [0.2, 0.25) is 5.91 Å². The van der Waals surface area contributed by atoms with E-state index in [4.69, 9.17) is 4.74 Å². The molecule has 4 rings (SSSR count). The molecule has 3 aromatic heterocycles. The van der Waals surface area contributed by atoms with Crippen LogP contribution in [0.15, 0.2) is 35.5 Å². The van der Waals surface area contributed by atoms with Crippen LogP contribution in [-0.4, -0.2) is 51.0 Å². The van der Waals surface area contributed by atoms with Crippen LogP contribution in [-0.2, 0) is 11.3 Å². The van der Waals surface area contributed by atoms with Crippen LogP contribution in [0, 0.1) is 5.92 Å². The molecule has 1 saturated carbocycles.